The Morgan fingerprint density at radius 3 is 2.57 bits per heavy atom. The summed E-state index contributed by atoms with van der Waals surface area (Å²) in [6.45, 7) is 4.93. The molecule has 0 unspecified atom stereocenters. The maximum absolute atomic E-state index is 12.4. The zero-order chi connectivity index (χ0) is 19.8. The van der Waals surface area contributed by atoms with E-state index in [0.29, 0.717) is 12.6 Å². The Kier molecular flexibility index (Phi) is 7.95. The molecule has 3 rings (SSSR count). The van der Waals surface area contributed by atoms with Crippen LogP contribution in [0.15, 0.2) is 54.6 Å². The molecule has 0 saturated carbocycles. The predicted molar refractivity (Wildman–Crippen MR) is 119 cm³/mol. The zero-order valence-corrected chi connectivity index (χ0v) is 17.8. The summed E-state index contributed by atoms with van der Waals surface area (Å²) in [4.78, 5) is 17.3. The van der Waals surface area contributed by atoms with Crippen molar-refractivity contribution in [1.82, 2.24) is 15.1 Å². The molecule has 0 aliphatic carbocycles. The van der Waals surface area contributed by atoms with E-state index in [-0.39, 0.29) is 5.91 Å². The highest BCUT2D eigenvalue weighted by molar-refractivity contribution is 7.97. The third kappa shape index (κ3) is 5.84. The van der Waals surface area contributed by atoms with Crippen LogP contribution in [-0.2, 0) is 5.75 Å². The van der Waals surface area contributed by atoms with E-state index in [1.807, 2.05) is 24.3 Å². The second kappa shape index (κ2) is 10.6. The number of nitrogens with one attached hydrogen (secondary N) is 1. The van der Waals surface area contributed by atoms with E-state index in [1.165, 1.54) is 11.1 Å². The Morgan fingerprint density at radius 2 is 1.86 bits per heavy atom. The highest BCUT2D eigenvalue weighted by atomic mass is 32.2. The summed E-state index contributed by atoms with van der Waals surface area (Å²) in [7, 11) is 2.19. The second-order valence-corrected chi connectivity index (χ2v) is 8.33. The summed E-state index contributed by atoms with van der Waals surface area (Å²) in [5.41, 5.74) is 3.38. The Bertz CT molecular complexity index is 735. The van der Waals surface area contributed by atoms with Gasteiger partial charge in [-0.2, -0.15) is 11.8 Å². The van der Waals surface area contributed by atoms with Crippen molar-refractivity contribution < 1.29 is 4.79 Å². The molecule has 0 radical (unpaired) electrons. The van der Waals surface area contributed by atoms with Gasteiger partial charge in [0.15, 0.2) is 0 Å². The number of thioether (sulfide) groups is 1. The number of carbonyl (C=O) groups excluding carboxylic acids is 1. The number of benzene rings is 2. The van der Waals surface area contributed by atoms with Crippen molar-refractivity contribution in [1.29, 1.82) is 0 Å². The number of nitrogens with zero attached hydrogens (tertiary/aromatic N) is 2. The van der Waals surface area contributed by atoms with Crippen LogP contribution in [0.3, 0.4) is 0 Å². The van der Waals surface area contributed by atoms with Crippen molar-refractivity contribution in [2.75, 3.05) is 46.0 Å². The van der Waals surface area contributed by atoms with Gasteiger partial charge in [0.2, 0.25) is 0 Å². The molecule has 1 atom stereocenters. The smallest absolute Gasteiger partial charge is 0.251 e. The molecule has 0 aromatic heterocycles. The van der Waals surface area contributed by atoms with Crippen LogP contribution in [0.5, 0.6) is 0 Å². The lowest BCUT2D eigenvalue weighted by Crippen LogP contribution is -2.47. The molecule has 150 valence electrons. The first kappa shape index (κ1) is 20.9. The zero-order valence-electron chi connectivity index (χ0n) is 16.9. The molecule has 4 nitrogen and oxygen atoms in total. The predicted octanol–water partition coefficient (Wildman–Crippen LogP) is 3.66. The van der Waals surface area contributed by atoms with Crippen LogP contribution >= 0.6 is 11.8 Å². The molecule has 1 aliphatic heterocycles. The first-order chi connectivity index (χ1) is 13.7. The van der Waals surface area contributed by atoms with E-state index >= 15 is 0 Å². The fourth-order valence-electron chi connectivity index (χ4n) is 3.72. The van der Waals surface area contributed by atoms with Crippen molar-refractivity contribution in [3.8, 4) is 0 Å². The van der Waals surface area contributed by atoms with Crippen molar-refractivity contribution >= 4 is 17.7 Å². The monoisotopic (exact) mass is 397 g/mol. The van der Waals surface area contributed by atoms with Crippen LogP contribution < -0.4 is 5.32 Å². The molecule has 28 heavy (non-hydrogen) atoms. The van der Waals surface area contributed by atoms with Gasteiger partial charge in [-0.15, -0.1) is 0 Å². The summed E-state index contributed by atoms with van der Waals surface area (Å²) in [5.74, 6) is 1.00. The number of amides is 1. The van der Waals surface area contributed by atoms with Crippen molar-refractivity contribution in [2.45, 2.75) is 18.2 Å². The largest absolute Gasteiger partial charge is 0.352 e. The summed E-state index contributed by atoms with van der Waals surface area (Å²) < 4.78 is 0. The fourth-order valence-corrected chi connectivity index (χ4v) is 4.25. The molecule has 0 bridgehead atoms. The third-order valence-corrected chi connectivity index (χ3v) is 5.94. The van der Waals surface area contributed by atoms with Gasteiger partial charge in [-0.05, 0) is 43.0 Å². The molecule has 1 aliphatic rings. The SMILES string of the molecule is CSCc1ccc(C(=O)NCCCN2CCN(C)C[C@H]2c2ccccc2)cc1. The van der Waals surface area contributed by atoms with E-state index in [1.54, 1.807) is 11.8 Å². The van der Waals surface area contributed by atoms with Gasteiger partial charge < -0.3 is 10.2 Å². The van der Waals surface area contributed by atoms with Gasteiger partial charge in [0.25, 0.3) is 5.91 Å². The summed E-state index contributed by atoms with van der Waals surface area (Å²) in [5, 5.41) is 3.07. The highest BCUT2D eigenvalue weighted by Crippen LogP contribution is 2.24. The minimum absolute atomic E-state index is 0.0219. The van der Waals surface area contributed by atoms with E-state index < -0.39 is 0 Å². The topological polar surface area (TPSA) is 35.6 Å². The number of hydrogen-bond acceptors (Lipinski definition) is 4. The summed E-state index contributed by atoms with van der Waals surface area (Å²) in [6, 6.07) is 19.1. The first-order valence-electron chi connectivity index (χ1n) is 10.0. The van der Waals surface area contributed by atoms with Gasteiger partial charge in [0.05, 0.1) is 0 Å². The fraction of sp³-hybridized carbons (Fsp3) is 0.435. The number of piperazine rings is 1. The van der Waals surface area contributed by atoms with E-state index in [2.05, 4.69) is 58.8 Å². The lowest BCUT2D eigenvalue weighted by Gasteiger charge is -2.40. The standard InChI is InChI=1S/C23H31N3OS/c1-25-15-16-26(22(17-25)20-7-4-3-5-8-20)14-6-13-24-23(27)21-11-9-19(10-12-21)18-28-2/h3-5,7-12,22H,6,13-18H2,1-2H3,(H,24,27)/t22-/m0/s1. The molecule has 5 heteroatoms. The highest BCUT2D eigenvalue weighted by Gasteiger charge is 2.25. The molecular weight excluding hydrogens is 366 g/mol. The van der Waals surface area contributed by atoms with E-state index in [0.717, 1.165) is 43.9 Å². The third-order valence-electron chi connectivity index (χ3n) is 5.31. The van der Waals surface area contributed by atoms with Crippen LogP contribution in [0.2, 0.25) is 0 Å². The van der Waals surface area contributed by atoms with Gasteiger partial charge in [-0.25, -0.2) is 0 Å². The molecule has 1 heterocycles. The number of carbonyl (C=O) groups is 1. The minimum atomic E-state index is 0.0219. The minimum Gasteiger partial charge on any atom is -0.352 e. The molecule has 1 amide bonds. The quantitative estimate of drug-likeness (QED) is 0.690. The van der Waals surface area contributed by atoms with Gasteiger partial charge in [-0.1, -0.05) is 42.5 Å². The van der Waals surface area contributed by atoms with E-state index in [4.69, 9.17) is 0 Å². The van der Waals surface area contributed by atoms with Crippen molar-refractivity contribution in [2.24, 2.45) is 0 Å². The molecule has 1 saturated heterocycles. The lowest BCUT2D eigenvalue weighted by molar-refractivity contribution is 0.0866. The van der Waals surface area contributed by atoms with Gasteiger partial charge >= 0.3 is 0 Å². The Balaban J connectivity index is 1.47. The van der Waals surface area contributed by atoms with Crippen LogP contribution in [0.4, 0.5) is 0 Å². The summed E-state index contributed by atoms with van der Waals surface area (Å²) >= 11 is 1.79. The average molecular weight is 398 g/mol. The number of rotatable bonds is 8. The second-order valence-electron chi connectivity index (χ2n) is 7.46. The van der Waals surface area contributed by atoms with Crippen LogP contribution in [0.25, 0.3) is 0 Å². The summed E-state index contributed by atoms with van der Waals surface area (Å²) in [6.07, 6.45) is 3.05. The Hall–Kier alpha value is -1.82. The Labute approximate surface area is 173 Å². The van der Waals surface area contributed by atoms with Gasteiger partial charge in [0.1, 0.15) is 0 Å². The molecular formula is C23H31N3OS. The Morgan fingerprint density at radius 1 is 1.11 bits per heavy atom. The normalized spacial score (nSPS) is 18.1. The maximum atomic E-state index is 12.4. The molecule has 2 aromatic carbocycles. The van der Waals surface area contributed by atoms with Crippen LogP contribution in [-0.4, -0.2) is 61.7 Å². The molecule has 1 fully saturated rings. The van der Waals surface area contributed by atoms with Gasteiger partial charge in [-0.3, -0.25) is 9.69 Å². The van der Waals surface area contributed by atoms with Crippen molar-refractivity contribution in [3.05, 3.63) is 71.3 Å². The van der Waals surface area contributed by atoms with Crippen LogP contribution in [0, 0.1) is 0 Å². The lowest BCUT2D eigenvalue weighted by atomic mass is 10.0. The van der Waals surface area contributed by atoms with Gasteiger partial charge in [0, 0.05) is 50.1 Å². The van der Waals surface area contributed by atoms with E-state index in [9.17, 15) is 4.79 Å². The average Bonchev–Trinajstić information content (AvgIpc) is 2.73. The van der Waals surface area contributed by atoms with Crippen LogP contribution in [0.1, 0.15) is 33.9 Å². The number of hydrogen-bond donors (Lipinski definition) is 1. The molecule has 0 spiro atoms. The molecule has 2 aromatic rings. The maximum Gasteiger partial charge on any atom is 0.251 e. The molecule has 1 N–H and O–H groups in total. The van der Waals surface area contributed by atoms with Crippen molar-refractivity contribution in [3.63, 3.8) is 0 Å². The first-order valence-corrected chi connectivity index (χ1v) is 11.4. The number of likely N-dealkylation sites (N-methyl/N-ethyl adjacent to an activating group) is 1.